The van der Waals surface area contributed by atoms with E-state index in [1.54, 1.807) is 36.5 Å². The minimum absolute atomic E-state index is 0.0529. The van der Waals surface area contributed by atoms with Gasteiger partial charge in [-0.25, -0.2) is 4.98 Å². The van der Waals surface area contributed by atoms with Crippen LogP contribution in [0.15, 0.2) is 79.0 Å². The van der Waals surface area contributed by atoms with E-state index in [0.717, 1.165) is 22.4 Å². The van der Waals surface area contributed by atoms with Gasteiger partial charge in [-0.05, 0) is 66.6 Å². The highest BCUT2D eigenvalue weighted by Crippen LogP contribution is 2.35. The number of ether oxygens (including phenoxy) is 2. The lowest BCUT2D eigenvalue weighted by Crippen LogP contribution is -2.14. The number of phenols is 1. The Morgan fingerprint density at radius 3 is 2.51 bits per heavy atom. The zero-order chi connectivity index (χ0) is 26.5. The number of nitrogen functional groups attached to an aromatic ring is 1. The van der Waals surface area contributed by atoms with Crippen molar-refractivity contribution in [2.45, 2.75) is 13.0 Å². The first-order valence-corrected chi connectivity index (χ1v) is 11.7. The van der Waals surface area contributed by atoms with Gasteiger partial charge in [-0.1, -0.05) is 24.3 Å². The van der Waals surface area contributed by atoms with E-state index in [1.165, 1.54) is 7.11 Å². The molecule has 0 saturated heterocycles. The van der Waals surface area contributed by atoms with Crippen molar-refractivity contribution < 1.29 is 19.4 Å². The molecule has 4 rings (SSSR count). The molecule has 1 amide bonds. The number of nitrogens with two attached hydrogens (primary N) is 1. The molecule has 1 heterocycles. The van der Waals surface area contributed by atoms with Gasteiger partial charge in [-0.2, -0.15) is 0 Å². The van der Waals surface area contributed by atoms with Crippen LogP contribution < -0.4 is 25.4 Å². The van der Waals surface area contributed by atoms with Gasteiger partial charge in [-0.3, -0.25) is 4.79 Å². The maximum absolute atomic E-state index is 12.8. The SMILES string of the molecule is COc1cc(-c2cnc(N)c(O[C@H](C)c3cccc(NC(=O)c4cccc(N(C)C)c4)c3)c2)ccc1O. The Bertz CT molecular complexity index is 1420. The Morgan fingerprint density at radius 2 is 1.76 bits per heavy atom. The van der Waals surface area contributed by atoms with Crippen LogP contribution in [0.1, 0.15) is 28.9 Å². The van der Waals surface area contributed by atoms with E-state index in [2.05, 4.69) is 10.3 Å². The number of carbonyl (C=O) groups excluding carboxylic acids is 1. The van der Waals surface area contributed by atoms with E-state index in [4.69, 9.17) is 15.2 Å². The normalized spacial score (nSPS) is 11.5. The number of nitrogens with one attached hydrogen (secondary N) is 1. The number of methoxy groups -OCH3 is 1. The van der Waals surface area contributed by atoms with E-state index in [9.17, 15) is 9.90 Å². The lowest BCUT2D eigenvalue weighted by atomic mass is 10.1. The molecule has 0 fully saturated rings. The fourth-order valence-electron chi connectivity index (χ4n) is 3.82. The van der Waals surface area contributed by atoms with Crippen LogP contribution in [-0.4, -0.2) is 37.2 Å². The largest absolute Gasteiger partial charge is 0.504 e. The van der Waals surface area contributed by atoms with Crippen LogP contribution in [0.5, 0.6) is 17.2 Å². The number of phenolic OH excluding ortho intramolecular Hbond substituents is 1. The smallest absolute Gasteiger partial charge is 0.255 e. The number of rotatable bonds is 8. The molecule has 37 heavy (non-hydrogen) atoms. The van der Waals surface area contributed by atoms with Gasteiger partial charge in [0.25, 0.3) is 5.91 Å². The molecule has 8 heteroatoms. The summed E-state index contributed by atoms with van der Waals surface area (Å²) in [5.74, 6) is 0.896. The van der Waals surface area contributed by atoms with Crippen LogP contribution in [0.25, 0.3) is 11.1 Å². The van der Waals surface area contributed by atoms with Crippen molar-refractivity contribution >= 4 is 23.1 Å². The van der Waals surface area contributed by atoms with E-state index < -0.39 is 0 Å². The highest BCUT2D eigenvalue weighted by atomic mass is 16.5. The molecule has 8 nitrogen and oxygen atoms in total. The third-order valence-electron chi connectivity index (χ3n) is 5.94. The Labute approximate surface area is 216 Å². The van der Waals surface area contributed by atoms with Crippen LogP contribution in [0.4, 0.5) is 17.2 Å². The number of anilines is 3. The lowest BCUT2D eigenvalue weighted by molar-refractivity contribution is 0.102. The molecule has 3 aromatic carbocycles. The van der Waals surface area contributed by atoms with Crippen LogP contribution in [-0.2, 0) is 0 Å². The lowest BCUT2D eigenvalue weighted by Gasteiger charge is -2.18. The summed E-state index contributed by atoms with van der Waals surface area (Å²) >= 11 is 0. The first-order valence-electron chi connectivity index (χ1n) is 11.7. The fraction of sp³-hybridized carbons (Fsp3) is 0.172. The summed E-state index contributed by atoms with van der Waals surface area (Å²) in [6.45, 7) is 1.90. The van der Waals surface area contributed by atoms with Gasteiger partial charge >= 0.3 is 0 Å². The van der Waals surface area contributed by atoms with Gasteiger partial charge in [0.1, 0.15) is 6.10 Å². The quantitative estimate of drug-likeness (QED) is 0.294. The molecule has 0 aliphatic rings. The van der Waals surface area contributed by atoms with Crippen molar-refractivity contribution in [1.82, 2.24) is 4.98 Å². The first-order chi connectivity index (χ1) is 17.7. The molecule has 0 aliphatic carbocycles. The molecule has 4 N–H and O–H groups in total. The maximum atomic E-state index is 12.8. The molecule has 1 atom stereocenters. The van der Waals surface area contributed by atoms with E-state index in [0.29, 0.717) is 22.7 Å². The monoisotopic (exact) mass is 498 g/mol. The summed E-state index contributed by atoms with van der Waals surface area (Å²) < 4.78 is 11.4. The topological polar surface area (TPSA) is 110 Å². The van der Waals surface area contributed by atoms with Gasteiger partial charge in [0, 0.05) is 42.8 Å². The molecule has 1 aromatic heterocycles. The summed E-state index contributed by atoms with van der Waals surface area (Å²) in [5, 5.41) is 12.8. The number of hydrogen-bond acceptors (Lipinski definition) is 7. The number of pyridine rings is 1. The van der Waals surface area contributed by atoms with Crippen molar-refractivity contribution in [3.63, 3.8) is 0 Å². The van der Waals surface area contributed by atoms with E-state index in [-0.39, 0.29) is 23.6 Å². The van der Waals surface area contributed by atoms with E-state index >= 15 is 0 Å². The minimum Gasteiger partial charge on any atom is -0.504 e. The number of nitrogens with zero attached hydrogens (tertiary/aromatic N) is 2. The molecule has 4 aromatic rings. The predicted molar refractivity (Wildman–Crippen MR) is 147 cm³/mol. The molecular formula is C29H30N4O4. The average molecular weight is 499 g/mol. The number of benzene rings is 3. The number of amides is 1. The second-order valence-electron chi connectivity index (χ2n) is 8.78. The first kappa shape index (κ1) is 25.4. The Kier molecular flexibility index (Phi) is 7.48. The number of carbonyl (C=O) groups is 1. The zero-order valence-corrected chi connectivity index (χ0v) is 21.2. The van der Waals surface area contributed by atoms with Crippen LogP contribution >= 0.6 is 0 Å². The number of aromatic nitrogens is 1. The summed E-state index contributed by atoms with van der Waals surface area (Å²) in [5.41, 5.74) is 10.7. The van der Waals surface area contributed by atoms with Crippen molar-refractivity contribution in [1.29, 1.82) is 0 Å². The van der Waals surface area contributed by atoms with Crippen LogP contribution in [0, 0.1) is 0 Å². The molecule has 0 bridgehead atoms. The Hall–Kier alpha value is -4.72. The van der Waals surface area contributed by atoms with Crippen LogP contribution in [0.3, 0.4) is 0 Å². The highest BCUT2D eigenvalue weighted by Gasteiger charge is 2.15. The van der Waals surface area contributed by atoms with Gasteiger partial charge in [0.2, 0.25) is 0 Å². The van der Waals surface area contributed by atoms with Crippen molar-refractivity contribution in [3.05, 3.63) is 90.1 Å². The van der Waals surface area contributed by atoms with Gasteiger partial charge in [0.15, 0.2) is 23.1 Å². The number of aromatic hydroxyl groups is 1. The summed E-state index contributed by atoms with van der Waals surface area (Å²) in [6.07, 6.45) is 1.27. The zero-order valence-electron chi connectivity index (χ0n) is 21.2. The van der Waals surface area contributed by atoms with Crippen LogP contribution in [0.2, 0.25) is 0 Å². The molecule has 0 aliphatic heterocycles. The third-order valence-corrected chi connectivity index (χ3v) is 5.94. The highest BCUT2D eigenvalue weighted by molar-refractivity contribution is 6.04. The third kappa shape index (κ3) is 5.92. The standard InChI is InChI=1S/C29H30N4O4/c1-18(37-27-16-22(17-31-28(27)30)20-11-12-25(34)26(15-20)36-4)19-7-5-9-23(13-19)32-29(35)21-8-6-10-24(14-21)33(2)3/h5-18,34H,1-4H3,(H2,30,31)(H,32,35)/t18-/m1/s1. The predicted octanol–water partition coefficient (Wildman–Crippen LogP) is 5.50. The average Bonchev–Trinajstić information content (AvgIpc) is 2.90. The second kappa shape index (κ2) is 10.9. The van der Waals surface area contributed by atoms with Gasteiger partial charge < -0.3 is 30.5 Å². The molecule has 0 spiro atoms. The summed E-state index contributed by atoms with van der Waals surface area (Å²) in [4.78, 5) is 19.1. The van der Waals surface area contributed by atoms with Gasteiger partial charge in [0.05, 0.1) is 7.11 Å². The minimum atomic E-state index is -0.373. The molecule has 0 radical (unpaired) electrons. The maximum Gasteiger partial charge on any atom is 0.255 e. The van der Waals surface area contributed by atoms with Gasteiger partial charge in [-0.15, -0.1) is 0 Å². The van der Waals surface area contributed by atoms with Crippen molar-refractivity contribution in [2.75, 3.05) is 37.2 Å². The molecular weight excluding hydrogens is 468 g/mol. The summed E-state index contributed by atoms with van der Waals surface area (Å²) in [6, 6.07) is 21.8. The number of hydrogen-bond donors (Lipinski definition) is 3. The van der Waals surface area contributed by atoms with Crippen molar-refractivity contribution in [3.8, 4) is 28.4 Å². The summed E-state index contributed by atoms with van der Waals surface area (Å²) in [7, 11) is 5.36. The second-order valence-corrected chi connectivity index (χ2v) is 8.78. The van der Waals surface area contributed by atoms with E-state index in [1.807, 2.05) is 68.4 Å². The molecule has 0 saturated carbocycles. The Balaban J connectivity index is 1.51. The molecule has 0 unspecified atom stereocenters. The van der Waals surface area contributed by atoms with Crippen molar-refractivity contribution in [2.24, 2.45) is 0 Å². The Morgan fingerprint density at radius 1 is 1.00 bits per heavy atom. The fourth-order valence-corrected chi connectivity index (χ4v) is 3.82. The molecule has 190 valence electrons.